The van der Waals surface area contributed by atoms with E-state index in [-0.39, 0.29) is 12.5 Å². The molecule has 0 aliphatic heterocycles. The van der Waals surface area contributed by atoms with Gasteiger partial charge in [-0.05, 0) is 69.7 Å². The van der Waals surface area contributed by atoms with E-state index in [0.717, 1.165) is 26.7 Å². The number of rotatable bonds is 8. The van der Waals surface area contributed by atoms with E-state index >= 15 is 0 Å². The third-order valence-electron chi connectivity index (χ3n) is 4.77. The van der Waals surface area contributed by atoms with Crippen molar-refractivity contribution >= 4 is 39.3 Å². The predicted molar refractivity (Wildman–Crippen MR) is 125 cm³/mol. The number of hydrogen-bond donors (Lipinski definition) is 4. The Morgan fingerprint density at radius 2 is 1.58 bits per heavy atom. The van der Waals surface area contributed by atoms with Gasteiger partial charge in [-0.1, -0.05) is 42.5 Å². The van der Waals surface area contributed by atoms with Gasteiger partial charge >= 0.3 is 6.09 Å². The number of aliphatic hydroxyl groups is 1. The molecule has 3 rings (SSSR count). The average Bonchev–Trinajstić information content (AvgIpc) is 2.76. The van der Waals surface area contributed by atoms with Gasteiger partial charge in [0.2, 0.25) is 5.91 Å². The van der Waals surface area contributed by atoms with Gasteiger partial charge in [-0.15, -0.1) is 0 Å². The van der Waals surface area contributed by atoms with Crippen molar-refractivity contribution in [1.29, 1.82) is 0 Å². The molecule has 4 N–H and O–H groups in total. The molecule has 3 aromatic rings. The standard InChI is InChI=1S/C24H23BrN2O4/c25-20-14-17(15-28)10-12-22(20)26-23(29)8-4-5-16-9-11-21(27-24(30)31)19(13-16)18-6-2-1-3-7-18/h1-3,6-7,9-14,27-28H,4-5,8,15H2,(H,26,29)(H,30,31). The summed E-state index contributed by atoms with van der Waals surface area (Å²) in [7, 11) is 0. The Hall–Kier alpha value is -3.16. The van der Waals surface area contributed by atoms with Gasteiger partial charge in [0.15, 0.2) is 0 Å². The second-order valence-electron chi connectivity index (χ2n) is 7.05. The van der Waals surface area contributed by atoms with Gasteiger partial charge in [-0.25, -0.2) is 4.79 Å². The molecule has 0 heterocycles. The maximum Gasteiger partial charge on any atom is 0.409 e. The highest BCUT2D eigenvalue weighted by molar-refractivity contribution is 9.10. The molecule has 0 unspecified atom stereocenters. The number of benzene rings is 3. The number of carboxylic acid groups (broad SMARTS) is 1. The Bertz CT molecular complexity index is 1070. The summed E-state index contributed by atoms with van der Waals surface area (Å²) in [5, 5.41) is 23.6. The summed E-state index contributed by atoms with van der Waals surface area (Å²) < 4.78 is 0.724. The van der Waals surface area contributed by atoms with Crippen LogP contribution in [0.15, 0.2) is 71.2 Å². The van der Waals surface area contributed by atoms with Crippen LogP contribution in [0.3, 0.4) is 0 Å². The molecule has 0 atom stereocenters. The zero-order valence-electron chi connectivity index (χ0n) is 16.8. The van der Waals surface area contributed by atoms with Crippen molar-refractivity contribution in [2.45, 2.75) is 25.9 Å². The van der Waals surface area contributed by atoms with Crippen LogP contribution in [0.2, 0.25) is 0 Å². The van der Waals surface area contributed by atoms with E-state index < -0.39 is 6.09 Å². The molecule has 3 aromatic carbocycles. The Labute approximate surface area is 189 Å². The summed E-state index contributed by atoms with van der Waals surface area (Å²) in [6, 6.07) is 20.5. The van der Waals surface area contributed by atoms with E-state index in [0.29, 0.717) is 30.6 Å². The van der Waals surface area contributed by atoms with Crippen LogP contribution >= 0.6 is 15.9 Å². The molecule has 0 aliphatic carbocycles. The SMILES string of the molecule is O=C(O)Nc1ccc(CCCC(=O)Nc2ccc(CO)cc2Br)cc1-c1ccccc1. The fourth-order valence-corrected chi connectivity index (χ4v) is 3.78. The summed E-state index contributed by atoms with van der Waals surface area (Å²) in [4.78, 5) is 23.4. The van der Waals surface area contributed by atoms with Gasteiger partial charge in [0.25, 0.3) is 0 Å². The van der Waals surface area contributed by atoms with Crippen LogP contribution in [0.25, 0.3) is 11.1 Å². The van der Waals surface area contributed by atoms with Crippen LogP contribution in [-0.2, 0) is 17.8 Å². The smallest absolute Gasteiger partial charge is 0.409 e. The number of aliphatic hydroxyl groups excluding tert-OH is 1. The molecule has 0 aliphatic rings. The summed E-state index contributed by atoms with van der Waals surface area (Å²) in [5.41, 5.74) is 4.70. The fourth-order valence-electron chi connectivity index (χ4n) is 3.25. The Morgan fingerprint density at radius 1 is 0.871 bits per heavy atom. The van der Waals surface area contributed by atoms with Crippen molar-refractivity contribution in [1.82, 2.24) is 0 Å². The summed E-state index contributed by atoms with van der Waals surface area (Å²) in [6.45, 7) is -0.0570. The molecule has 0 radical (unpaired) electrons. The Morgan fingerprint density at radius 3 is 2.26 bits per heavy atom. The zero-order valence-corrected chi connectivity index (χ0v) is 18.4. The fraction of sp³-hybridized carbons (Fsp3) is 0.167. The van der Waals surface area contributed by atoms with Gasteiger partial charge in [0.1, 0.15) is 0 Å². The molecule has 160 valence electrons. The molecule has 31 heavy (non-hydrogen) atoms. The van der Waals surface area contributed by atoms with Crippen molar-refractivity contribution in [3.05, 3.63) is 82.3 Å². The molecule has 0 aromatic heterocycles. The highest BCUT2D eigenvalue weighted by atomic mass is 79.9. The maximum atomic E-state index is 12.3. The maximum absolute atomic E-state index is 12.3. The number of nitrogens with one attached hydrogen (secondary N) is 2. The molecule has 0 saturated heterocycles. The number of hydrogen-bond acceptors (Lipinski definition) is 3. The highest BCUT2D eigenvalue weighted by Crippen LogP contribution is 2.30. The van der Waals surface area contributed by atoms with Crippen molar-refractivity contribution in [3.8, 4) is 11.1 Å². The number of halogens is 1. The topological polar surface area (TPSA) is 98.7 Å². The van der Waals surface area contributed by atoms with Crippen LogP contribution in [0.1, 0.15) is 24.0 Å². The normalized spacial score (nSPS) is 10.5. The lowest BCUT2D eigenvalue weighted by Crippen LogP contribution is -2.12. The van der Waals surface area contributed by atoms with Gasteiger partial charge in [-0.3, -0.25) is 10.1 Å². The number of anilines is 2. The second kappa shape index (κ2) is 10.7. The molecule has 2 amide bonds. The number of aryl methyl sites for hydroxylation is 1. The lowest BCUT2D eigenvalue weighted by molar-refractivity contribution is -0.116. The minimum atomic E-state index is -1.11. The van der Waals surface area contributed by atoms with Crippen LogP contribution in [-0.4, -0.2) is 22.2 Å². The molecule has 0 fully saturated rings. The third-order valence-corrected chi connectivity index (χ3v) is 5.43. The van der Waals surface area contributed by atoms with Crippen LogP contribution in [0.4, 0.5) is 16.2 Å². The van der Waals surface area contributed by atoms with Gasteiger partial charge in [0, 0.05) is 16.5 Å². The van der Waals surface area contributed by atoms with E-state index in [1.54, 1.807) is 24.3 Å². The lowest BCUT2D eigenvalue weighted by atomic mass is 9.98. The highest BCUT2D eigenvalue weighted by Gasteiger charge is 2.10. The first kappa shape index (κ1) is 22.5. The first-order valence-corrected chi connectivity index (χ1v) is 10.6. The van der Waals surface area contributed by atoms with E-state index in [1.165, 1.54) is 0 Å². The predicted octanol–water partition coefficient (Wildman–Crippen LogP) is 5.66. The van der Waals surface area contributed by atoms with E-state index in [9.17, 15) is 14.7 Å². The quantitative estimate of drug-likeness (QED) is 0.332. The van der Waals surface area contributed by atoms with Crippen LogP contribution in [0.5, 0.6) is 0 Å². The summed E-state index contributed by atoms with van der Waals surface area (Å²) in [6.07, 6.45) is 0.577. The van der Waals surface area contributed by atoms with Crippen LogP contribution in [0, 0.1) is 0 Å². The molecule has 7 heteroatoms. The minimum absolute atomic E-state index is 0.0570. The number of carbonyl (C=O) groups is 2. The van der Waals surface area contributed by atoms with Crippen molar-refractivity contribution in [2.24, 2.45) is 0 Å². The molecule has 0 saturated carbocycles. The van der Waals surface area contributed by atoms with E-state index in [2.05, 4.69) is 26.6 Å². The first-order valence-electron chi connectivity index (χ1n) is 9.83. The molecular formula is C24H23BrN2O4. The molecule has 0 bridgehead atoms. The number of carbonyl (C=O) groups excluding carboxylic acids is 1. The van der Waals surface area contributed by atoms with Gasteiger partial charge < -0.3 is 15.5 Å². The third kappa shape index (κ3) is 6.41. The van der Waals surface area contributed by atoms with Crippen molar-refractivity contribution < 1.29 is 19.8 Å². The summed E-state index contributed by atoms with van der Waals surface area (Å²) >= 11 is 3.40. The Kier molecular flexibility index (Phi) is 7.81. The molecular weight excluding hydrogens is 460 g/mol. The van der Waals surface area contributed by atoms with Gasteiger partial charge in [-0.2, -0.15) is 0 Å². The van der Waals surface area contributed by atoms with Crippen LogP contribution < -0.4 is 10.6 Å². The largest absolute Gasteiger partial charge is 0.465 e. The Balaban J connectivity index is 1.63. The zero-order chi connectivity index (χ0) is 22.2. The number of amides is 2. The first-order chi connectivity index (χ1) is 15.0. The lowest BCUT2D eigenvalue weighted by Gasteiger charge is -2.12. The second-order valence-corrected chi connectivity index (χ2v) is 7.90. The average molecular weight is 483 g/mol. The summed E-state index contributed by atoms with van der Waals surface area (Å²) in [5.74, 6) is -0.0927. The molecule has 0 spiro atoms. The van der Waals surface area contributed by atoms with Crippen molar-refractivity contribution in [2.75, 3.05) is 10.6 Å². The van der Waals surface area contributed by atoms with E-state index in [4.69, 9.17) is 5.11 Å². The minimum Gasteiger partial charge on any atom is -0.465 e. The van der Waals surface area contributed by atoms with Gasteiger partial charge in [0.05, 0.1) is 18.0 Å². The van der Waals surface area contributed by atoms with Crippen molar-refractivity contribution in [3.63, 3.8) is 0 Å². The van der Waals surface area contributed by atoms with E-state index in [1.807, 2.05) is 42.5 Å². The monoisotopic (exact) mass is 482 g/mol. The molecule has 6 nitrogen and oxygen atoms in total.